The summed E-state index contributed by atoms with van der Waals surface area (Å²) in [5, 5.41) is 0.471. The number of halogens is 2. The Morgan fingerprint density at radius 3 is 2.57 bits per heavy atom. The van der Waals surface area contributed by atoms with E-state index in [0.29, 0.717) is 16.5 Å². The normalized spacial score (nSPS) is 24.0. The van der Waals surface area contributed by atoms with Gasteiger partial charge in [0.2, 0.25) is 0 Å². The lowest BCUT2D eigenvalue weighted by atomic mass is 9.75. The minimum Gasteiger partial charge on any atom is -0.324 e. The average Bonchev–Trinajstić information content (AvgIpc) is 2.48. The Hall–Kier alpha value is -0.600. The predicted molar refractivity (Wildman–Crippen MR) is 88.0 cm³/mol. The molecule has 0 amide bonds. The van der Waals surface area contributed by atoms with Gasteiger partial charge in [0, 0.05) is 11.1 Å². The zero-order chi connectivity index (χ0) is 15.4. The van der Waals surface area contributed by atoms with Crippen LogP contribution in [0.3, 0.4) is 0 Å². The molecule has 0 saturated heterocycles. The van der Waals surface area contributed by atoms with Gasteiger partial charge in [-0.1, -0.05) is 56.7 Å². The summed E-state index contributed by atoms with van der Waals surface area (Å²) in [5.74, 6) is 1.10. The number of nitrogens with two attached hydrogens (primary N) is 1. The van der Waals surface area contributed by atoms with E-state index in [1.54, 1.807) is 6.92 Å². The summed E-state index contributed by atoms with van der Waals surface area (Å²) in [5.41, 5.74) is 7.96. The Morgan fingerprint density at radius 2 is 1.95 bits per heavy atom. The standard InChI is InChI=1S/C18H27ClFN/c1-3-4-5-13-6-8-14(9-7-13)18(21)15-10-12(2)17(20)11-16(15)19/h10-11,13-14,18H,3-9,21H2,1-2H3. The Morgan fingerprint density at radius 1 is 1.29 bits per heavy atom. The fraction of sp³-hybridized carbons (Fsp3) is 0.667. The van der Waals surface area contributed by atoms with E-state index in [0.717, 1.165) is 11.5 Å². The average molecular weight is 312 g/mol. The van der Waals surface area contributed by atoms with E-state index in [1.165, 1.54) is 51.0 Å². The van der Waals surface area contributed by atoms with Crippen LogP contribution < -0.4 is 5.73 Å². The third-order valence-corrected chi connectivity index (χ3v) is 5.33. The molecule has 1 fully saturated rings. The van der Waals surface area contributed by atoms with Gasteiger partial charge >= 0.3 is 0 Å². The van der Waals surface area contributed by atoms with E-state index in [9.17, 15) is 4.39 Å². The smallest absolute Gasteiger partial charge is 0.127 e. The van der Waals surface area contributed by atoms with Crippen molar-refractivity contribution in [3.63, 3.8) is 0 Å². The van der Waals surface area contributed by atoms with Gasteiger partial charge in [0.1, 0.15) is 5.82 Å². The molecule has 1 saturated carbocycles. The van der Waals surface area contributed by atoms with Crippen molar-refractivity contribution in [2.24, 2.45) is 17.6 Å². The maximum absolute atomic E-state index is 13.5. The number of hydrogen-bond acceptors (Lipinski definition) is 1. The van der Waals surface area contributed by atoms with Crippen LogP contribution in [0.1, 0.15) is 69.0 Å². The van der Waals surface area contributed by atoms with Crippen LogP contribution in [0.15, 0.2) is 12.1 Å². The number of unbranched alkanes of at least 4 members (excludes halogenated alkanes) is 1. The summed E-state index contributed by atoms with van der Waals surface area (Å²) in [6.45, 7) is 4.02. The molecule has 0 spiro atoms. The van der Waals surface area contributed by atoms with Crippen molar-refractivity contribution in [3.05, 3.63) is 34.1 Å². The van der Waals surface area contributed by atoms with Gasteiger partial charge in [-0.15, -0.1) is 0 Å². The van der Waals surface area contributed by atoms with Crippen molar-refractivity contribution in [2.45, 2.75) is 64.8 Å². The summed E-state index contributed by atoms with van der Waals surface area (Å²) >= 11 is 6.19. The maximum Gasteiger partial charge on any atom is 0.127 e. The third kappa shape index (κ3) is 4.20. The second kappa shape index (κ2) is 7.60. The van der Waals surface area contributed by atoms with Crippen molar-refractivity contribution < 1.29 is 4.39 Å². The fourth-order valence-corrected chi connectivity index (χ4v) is 3.79. The summed E-state index contributed by atoms with van der Waals surface area (Å²) in [4.78, 5) is 0. The van der Waals surface area contributed by atoms with Crippen LogP contribution in [0.5, 0.6) is 0 Å². The first-order valence-electron chi connectivity index (χ1n) is 8.24. The zero-order valence-electron chi connectivity index (χ0n) is 13.2. The zero-order valence-corrected chi connectivity index (χ0v) is 13.9. The van der Waals surface area contributed by atoms with E-state index in [1.807, 2.05) is 6.07 Å². The molecule has 3 heteroatoms. The molecule has 1 atom stereocenters. The minimum atomic E-state index is -0.251. The van der Waals surface area contributed by atoms with E-state index >= 15 is 0 Å². The molecule has 21 heavy (non-hydrogen) atoms. The molecule has 1 aliphatic rings. The van der Waals surface area contributed by atoms with Crippen molar-refractivity contribution >= 4 is 11.6 Å². The fourth-order valence-electron chi connectivity index (χ4n) is 3.52. The molecular weight excluding hydrogens is 285 g/mol. The molecule has 0 bridgehead atoms. The van der Waals surface area contributed by atoms with E-state index in [4.69, 9.17) is 17.3 Å². The quantitative estimate of drug-likeness (QED) is 0.732. The van der Waals surface area contributed by atoms with Crippen molar-refractivity contribution in [2.75, 3.05) is 0 Å². The lowest BCUT2D eigenvalue weighted by molar-refractivity contribution is 0.232. The molecular formula is C18H27ClFN. The van der Waals surface area contributed by atoms with Crippen LogP contribution in [0.25, 0.3) is 0 Å². The van der Waals surface area contributed by atoms with Crippen LogP contribution >= 0.6 is 11.6 Å². The number of benzene rings is 1. The van der Waals surface area contributed by atoms with E-state index in [2.05, 4.69) is 6.92 Å². The third-order valence-electron chi connectivity index (χ3n) is 5.00. The summed E-state index contributed by atoms with van der Waals surface area (Å²) in [6.07, 6.45) is 8.86. The first-order valence-corrected chi connectivity index (χ1v) is 8.61. The molecule has 0 aromatic heterocycles. The molecule has 1 aromatic rings. The Bertz CT molecular complexity index is 467. The molecule has 0 heterocycles. The molecule has 1 nitrogen and oxygen atoms in total. The molecule has 0 radical (unpaired) electrons. The SMILES string of the molecule is CCCCC1CCC(C(N)c2cc(C)c(F)cc2Cl)CC1. The minimum absolute atomic E-state index is 0.0658. The second-order valence-electron chi connectivity index (χ2n) is 6.57. The number of aryl methyl sites for hydroxylation is 1. The Kier molecular flexibility index (Phi) is 6.07. The molecule has 1 unspecified atom stereocenters. The monoisotopic (exact) mass is 311 g/mol. The first-order chi connectivity index (χ1) is 10.0. The molecule has 0 aliphatic heterocycles. The summed E-state index contributed by atoms with van der Waals surface area (Å²) in [7, 11) is 0. The van der Waals surface area contributed by atoms with Crippen molar-refractivity contribution in [1.82, 2.24) is 0 Å². The van der Waals surface area contributed by atoms with Gasteiger partial charge < -0.3 is 5.73 Å². The highest BCUT2D eigenvalue weighted by molar-refractivity contribution is 6.31. The highest BCUT2D eigenvalue weighted by Gasteiger charge is 2.27. The second-order valence-corrected chi connectivity index (χ2v) is 6.98. The highest BCUT2D eigenvalue weighted by Crippen LogP contribution is 2.39. The Labute approximate surface area is 133 Å². The number of hydrogen-bond donors (Lipinski definition) is 1. The van der Waals surface area contributed by atoms with Crippen LogP contribution in [0.2, 0.25) is 5.02 Å². The molecule has 1 aliphatic carbocycles. The Balaban J connectivity index is 1.99. The van der Waals surface area contributed by atoms with Gasteiger partial charge in [-0.25, -0.2) is 4.39 Å². The lowest BCUT2D eigenvalue weighted by Gasteiger charge is -2.33. The van der Waals surface area contributed by atoms with Crippen molar-refractivity contribution in [3.8, 4) is 0 Å². The highest BCUT2D eigenvalue weighted by atomic mass is 35.5. The largest absolute Gasteiger partial charge is 0.324 e. The maximum atomic E-state index is 13.5. The van der Waals surface area contributed by atoms with Crippen LogP contribution in [-0.4, -0.2) is 0 Å². The van der Waals surface area contributed by atoms with Crippen LogP contribution in [-0.2, 0) is 0 Å². The van der Waals surface area contributed by atoms with Gasteiger partial charge in [-0.3, -0.25) is 0 Å². The van der Waals surface area contributed by atoms with Gasteiger partial charge in [0.05, 0.1) is 0 Å². The lowest BCUT2D eigenvalue weighted by Crippen LogP contribution is -2.26. The van der Waals surface area contributed by atoms with Gasteiger partial charge in [-0.2, -0.15) is 0 Å². The van der Waals surface area contributed by atoms with Crippen molar-refractivity contribution in [1.29, 1.82) is 0 Å². The van der Waals surface area contributed by atoms with Gasteiger partial charge in [-0.05, 0) is 48.8 Å². The molecule has 2 rings (SSSR count). The predicted octanol–water partition coefficient (Wildman–Crippen LogP) is 5.78. The van der Waals surface area contributed by atoms with Crippen LogP contribution in [0, 0.1) is 24.6 Å². The van der Waals surface area contributed by atoms with Crippen LogP contribution in [0.4, 0.5) is 4.39 Å². The summed E-state index contributed by atoms with van der Waals surface area (Å²) in [6, 6.07) is 3.16. The molecule has 1 aromatic carbocycles. The van der Waals surface area contributed by atoms with Gasteiger partial charge in [0.25, 0.3) is 0 Å². The van der Waals surface area contributed by atoms with E-state index in [-0.39, 0.29) is 11.9 Å². The first kappa shape index (κ1) is 16.8. The number of rotatable bonds is 5. The van der Waals surface area contributed by atoms with E-state index < -0.39 is 0 Å². The molecule has 2 N–H and O–H groups in total. The topological polar surface area (TPSA) is 26.0 Å². The summed E-state index contributed by atoms with van der Waals surface area (Å²) < 4.78 is 13.5. The van der Waals surface area contributed by atoms with Gasteiger partial charge in [0.15, 0.2) is 0 Å². The molecule has 118 valence electrons.